The van der Waals surface area contributed by atoms with E-state index in [1.807, 2.05) is 11.0 Å². The van der Waals surface area contributed by atoms with Gasteiger partial charge in [-0.15, -0.1) is 0 Å². The molecule has 1 fully saturated rings. The van der Waals surface area contributed by atoms with Crippen LogP contribution in [-0.2, 0) is 11.3 Å². The van der Waals surface area contributed by atoms with Gasteiger partial charge in [-0.05, 0) is 37.5 Å². The van der Waals surface area contributed by atoms with Crippen LogP contribution in [0.4, 0.5) is 5.69 Å². The number of carbonyl (C=O) groups is 1. The molecule has 2 heterocycles. The summed E-state index contributed by atoms with van der Waals surface area (Å²) in [6.07, 6.45) is 3.88. The number of hydrogen-bond acceptors (Lipinski definition) is 5. The fourth-order valence-electron chi connectivity index (χ4n) is 3.14. The summed E-state index contributed by atoms with van der Waals surface area (Å²) in [5.41, 5.74) is 0.546. The van der Waals surface area contributed by atoms with Crippen LogP contribution in [0.25, 0.3) is 11.3 Å². The number of likely N-dealkylation sites (tertiary alicyclic amines) is 1. The lowest BCUT2D eigenvalue weighted by Crippen LogP contribution is -2.37. The van der Waals surface area contributed by atoms with Gasteiger partial charge in [-0.3, -0.25) is 14.9 Å². The molecule has 3 rings (SSSR count). The number of rotatable bonds is 7. The predicted octanol–water partition coefficient (Wildman–Crippen LogP) is 4.00. The third-order valence-corrected chi connectivity index (χ3v) is 4.93. The Labute approximate surface area is 162 Å². The molecule has 1 aliphatic rings. The van der Waals surface area contributed by atoms with Crippen LogP contribution in [0.5, 0.6) is 0 Å². The van der Waals surface area contributed by atoms with Gasteiger partial charge in [0, 0.05) is 43.8 Å². The molecule has 144 valence electrons. The van der Waals surface area contributed by atoms with E-state index in [9.17, 15) is 14.9 Å². The lowest BCUT2D eigenvalue weighted by molar-refractivity contribution is -0.384. The highest BCUT2D eigenvalue weighted by Gasteiger charge is 2.16. The number of halogens is 1. The van der Waals surface area contributed by atoms with Crippen LogP contribution >= 0.6 is 11.6 Å². The van der Waals surface area contributed by atoms with Crippen LogP contribution in [0.2, 0.25) is 5.02 Å². The number of nitrogens with zero attached hydrogens (tertiary/aromatic N) is 2. The summed E-state index contributed by atoms with van der Waals surface area (Å²) in [4.78, 5) is 24.3. The molecule has 27 heavy (non-hydrogen) atoms. The standard InChI is InChI=1S/C19H22ClN3O4/c20-17-12-14(23(25)26)4-6-16(17)18-7-5-15(27-18)13-21-9-8-19(24)22-10-2-1-3-11-22/h4-7,12,21H,1-3,8-11,13H2. The number of carbonyl (C=O) groups excluding carboxylic acids is 1. The van der Waals surface area contributed by atoms with E-state index in [1.54, 1.807) is 12.1 Å². The summed E-state index contributed by atoms with van der Waals surface area (Å²) in [5.74, 6) is 1.46. The first kappa shape index (κ1) is 19.4. The first-order valence-corrected chi connectivity index (χ1v) is 9.44. The Morgan fingerprint density at radius 1 is 1.22 bits per heavy atom. The van der Waals surface area contributed by atoms with Gasteiger partial charge in [0.2, 0.25) is 5.91 Å². The van der Waals surface area contributed by atoms with Crippen molar-refractivity contribution in [3.05, 3.63) is 51.2 Å². The molecule has 1 aromatic heterocycles. The molecule has 7 nitrogen and oxygen atoms in total. The molecule has 1 saturated heterocycles. The van der Waals surface area contributed by atoms with E-state index in [-0.39, 0.29) is 16.6 Å². The summed E-state index contributed by atoms with van der Waals surface area (Å²) < 4.78 is 5.76. The Kier molecular flexibility index (Phi) is 6.47. The molecule has 0 atom stereocenters. The van der Waals surface area contributed by atoms with Gasteiger partial charge < -0.3 is 14.6 Å². The second-order valence-electron chi connectivity index (χ2n) is 6.56. The van der Waals surface area contributed by atoms with Crippen molar-refractivity contribution >= 4 is 23.2 Å². The Bertz CT molecular complexity index is 815. The fourth-order valence-corrected chi connectivity index (χ4v) is 3.41. The zero-order chi connectivity index (χ0) is 19.2. The van der Waals surface area contributed by atoms with E-state index in [4.69, 9.17) is 16.0 Å². The SMILES string of the molecule is O=C(CCNCc1ccc(-c2ccc([N+](=O)[O-])cc2Cl)o1)N1CCCCC1. The minimum atomic E-state index is -0.488. The maximum absolute atomic E-state index is 12.1. The average molecular weight is 392 g/mol. The van der Waals surface area contributed by atoms with Crippen LogP contribution in [0.15, 0.2) is 34.7 Å². The van der Waals surface area contributed by atoms with Crippen molar-refractivity contribution in [2.24, 2.45) is 0 Å². The lowest BCUT2D eigenvalue weighted by atomic mass is 10.1. The van der Waals surface area contributed by atoms with Crippen molar-refractivity contribution in [1.29, 1.82) is 0 Å². The Morgan fingerprint density at radius 2 is 2.00 bits per heavy atom. The fraction of sp³-hybridized carbons (Fsp3) is 0.421. The third-order valence-electron chi connectivity index (χ3n) is 4.61. The minimum Gasteiger partial charge on any atom is -0.460 e. The summed E-state index contributed by atoms with van der Waals surface area (Å²) in [6, 6.07) is 7.89. The molecule has 0 radical (unpaired) electrons. The predicted molar refractivity (Wildman–Crippen MR) is 103 cm³/mol. The van der Waals surface area contributed by atoms with Crippen molar-refractivity contribution in [2.45, 2.75) is 32.2 Å². The lowest BCUT2D eigenvalue weighted by Gasteiger charge is -2.26. The molecule has 1 aliphatic heterocycles. The van der Waals surface area contributed by atoms with Crippen LogP contribution in [0.1, 0.15) is 31.4 Å². The monoisotopic (exact) mass is 391 g/mol. The number of hydrogen-bond donors (Lipinski definition) is 1. The number of non-ortho nitro benzene ring substituents is 1. The second kappa shape index (κ2) is 9.01. The van der Waals surface area contributed by atoms with Gasteiger partial charge in [0.1, 0.15) is 11.5 Å². The topological polar surface area (TPSA) is 88.6 Å². The van der Waals surface area contributed by atoms with E-state index in [0.29, 0.717) is 36.6 Å². The van der Waals surface area contributed by atoms with Gasteiger partial charge >= 0.3 is 0 Å². The first-order valence-electron chi connectivity index (χ1n) is 9.06. The van der Waals surface area contributed by atoms with Crippen LogP contribution in [-0.4, -0.2) is 35.4 Å². The molecular formula is C19H22ClN3O4. The molecule has 0 aliphatic carbocycles. The largest absolute Gasteiger partial charge is 0.460 e. The summed E-state index contributed by atoms with van der Waals surface area (Å²) in [7, 11) is 0. The molecule has 0 saturated carbocycles. The molecule has 2 aromatic rings. The van der Waals surface area contributed by atoms with E-state index in [2.05, 4.69) is 5.32 Å². The van der Waals surface area contributed by atoms with E-state index < -0.39 is 4.92 Å². The maximum atomic E-state index is 12.1. The number of amides is 1. The Balaban J connectivity index is 1.49. The molecule has 0 spiro atoms. The van der Waals surface area contributed by atoms with Gasteiger partial charge in [-0.2, -0.15) is 0 Å². The molecule has 8 heteroatoms. The highest BCUT2D eigenvalue weighted by molar-refractivity contribution is 6.33. The second-order valence-corrected chi connectivity index (χ2v) is 6.96. The minimum absolute atomic E-state index is 0.0597. The average Bonchev–Trinajstić information content (AvgIpc) is 3.14. The van der Waals surface area contributed by atoms with Crippen molar-refractivity contribution in [1.82, 2.24) is 10.2 Å². The van der Waals surface area contributed by atoms with E-state index in [1.165, 1.54) is 18.6 Å². The summed E-state index contributed by atoms with van der Waals surface area (Å²) in [6.45, 7) is 2.83. The quantitative estimate of drug-likeness (QED) is 0.437. The van der Waals surface area contributed by atoms with E-state index >= 15 is 0 Å². The van der Waals surface area contributed by atoms with Gasteiger partial charge in [0.25, 0.3) is 5.69 Å². The van der Waals surface area contributed by atoms with Gasteiger partial charge in [-0.25, -0.2) is 0 Å². The number of benzene rings is 1. The third kappa shape index (κ3) is 5.08. The summed E-state index contributed by atoms with van der Waals surface area (Å²) in [5, 5.41) is 14.3. The van der Waals surface area contributed by atoms with Crippen LogP contribution < -0.4 is 5.32 Å². The van der Waals surface area contributed by atoms with E-state index in [0.717, 1.165) is 25.9 Å². The van der Waals surface area contributed by atoms with Crippen LogP contribution in [0, 0.1) is 10.1 Å². The number of furan rings is 1. The highest BCUT2D eigenvalue weighted by atomic mass is 35.5. The van der Waals surface area contributed by atoms with Crippen molar-refractivity contribution in [3.63, 3.8) is 0 Å². The highest BCUT2D eigenvalue weighted by Crippen LogP contribution is 2.32. The Morgan fingerprint density at radius 3 is 2.70 bits per heavy atom. The molecule has 1 amide bonds. The summed E-state index contributed by atoms with van der Waals surface area (Å²) >= 11 is 6.13. The number of nitro benzene ring substituents is 1. The number of piperidine rings is 1. The molecule has 1 aromatic carbocycles. The van der Waals surface area contributed by atoms with Crippen LogP contribution in [0.3, 0.4) is 0 Å². The Hall–Kier alpha value is -2.38. The van der Waals surface area contributed by atoms with Crippen molar-refractivity contribution < 1.29 is 14.1 Å². The molecule has 1 N–H and O–H groups in total. The number of nitro groups is 1. The number of nitrogens with one attached hydrogen (secondary N) is 1. The smallest absolute Gasteiger partial charge is 0.270 e. The van der Waals surface area contributed by atoms with Crippen molar-refractivity contribution in [3.8, 4) is 11.3 Å². The zero-order valence-corrected chi connectivity index (χ0v) is 15.7. The van der Waals surface area contributed by atoms with Gasteiger partial charge in [0.05, 0.1) is 16.5 Å². The van der Waals surface area contributed by atoms with Gasteiger partial charge in [0.15, 0.2) is 0 Å². The first-order chi connectivity index (χ1) is 13.0. The molecular weight excluding hydrogens is 370 g/mol. The molecule has 0 bridgehead atoms. The molecule has 0 unspecified atom stereocenters. The maximum Gasteiger partial charge on any atom is 0.270 e. The zero-order valence-electron chi connectivity index (χ0n) is 14.9. The normalized spacial score (nSPS) is 14.3. The van der Waals surface area contributed by atoms with Gasteiger partial charge in [-0.1, -0.05) is 11.6 Å². The van der Waals surface area contributed by atoms with Crippen molar-refractivity contribution in [2.75, 3.05) is 19.6 Å².